The number of nitrogens with two attached hydrogens (primary N) is 1. The van der Waals surface area contributed by atoms with Crippen molar-refractivity contribution in [1.82, 2.24) is 0 Å². The Kier molecular flexibility index (Phi) is 3.81. The molecule has 1 atom stereocenters. The summed E-state index contributed by atoms with van der Waals surface area (Å²) in [6.45, 7) is 0.475. The van der Waals surface area contributed by atoms with E-state index in [1.54, 1.807) is 0 Å². The van der Waals surface area contributed by atoms with E-state index < -0.39 is 25.2 Å². The average Bonchev–Trinajstić information content (AvgIpc) is 1.80. The summed E-state index contributed by atoms with van der Waals surface area (Å²) < 4.78 is 41.6. The van der Waals surface area contributed by atoms with Crippen molar-refractivity contribution in [2.24, 2.45) is 5.73 Å². The van der Waals surface area contributed by atoms with E-state index in [4.69, 9.17) is 0 Å². The van der Waals surface area contributed by atoms with Crippen LogP contribution in [0.5, 0.6) is 0 Å². The molecule has 0 aliphatic heterocycles. The highest BCUT2D eigenvalue weighted by Crippen LogP contribution is 2.16. The molecule has 0 aromatic rings. The van der Waals surface area contributed by atoms with Gasteiger partial charge in [-0.3, -0.25) is 4.74 Å². The number of alkyl halides is 3. The first-order valence-corrected chi connectivity index (χ1v) is 2.98. The second kappa shape index (κ2) is 4.15. The third kappa shape index (κ3) is 7.13. The maximum absolute atomic E-state index is 11.4. The third-order valence-corrected chi connectivity index (χ3v) is 0.799. The summed E-state index contributed by atoms with van der Waals surface area (Å²) in [5.74, 6) is 0. The van der Waals surface area contributed by atoms with E-state index in [0.29, 0.717) is 0 Å². The fraction of sp³-hybridized carbons (Fsp3) is 0.800. The number of carbonyl (C=O) groups excluding carboxylic acids is 1. The monoisotopic (exact) mass is 187 g/mol. The van der Waals surface area contributed by atoms with Gasteiger partial charge in [0.05, 0.1) is 6.61 Å². The third-order valence-electron chi connectivity index (χ3n) is 0.799. The summed E-state index contributed by atoms with van der Waals surface area (Å²) in [6, 6.07) is 0. The van der Waals surface area contributed by atoms with E-state index in [1.165, 1.54) is 6.92 Å². The topological polar surface area (TPSA) is 61.6 Å². The first kappa shape index (κ1) is 11.0. The maximum atomic E-state index is 11.4. The summed E-state index contributed by atoms with van der Waals surface area (Å²) in [5.41, 5.74) is 4.53. The van der Waals surface area contributed by atoms with Crippen molar-refractivity contribution >= 4 is 6.09 Å². The Labute approximate surface area is 66.4 Å². The van der Waals surface area contributed by atoms with Gasteiger partial charge in [0, 0.05) is 0 Å². The van der Waals surface area contributed by atoms with Crippen molar-refractivity contribution < 1.29 is 27.4 Å². The number of halogens is 3. The molecule has 12 heavy (non-hydrogen) atoms. The van der Waals surface area contributed by atoms with Gasteiger partial charge in [0.15, 0.2) is 0 Å². The molecule has 0 radical (unpaired) electrons. The zero-order valence-corrected chi connectivity index (χ0v) is 6.22. The van der Waals surface area contributed by atoms with E-state index in [0.717, 1.165) is 0 Å². The lowest BCUT2D eigenvalue weighted by Crippen LogP contribution is -2.27. The van der Waals surface area contributed by atoms with E-state index >= 15 is 0 Å². The Balaban J connectivity index is 3.57. The quantitative estimate of drug-likeness (QED) is 0.717. The fourth-order valence-electron chi connectivity index (χ4n) is 0.444. The van der Waals surface area contributed by atoms with Crippen molar-refractivity contribution in [1.29, 1.82) is 0 Å². The second-order valence-corrected chi connectivity index (χ2v) is 2.00. The Morgan fingerprint density at radius 3 is 2.42 bits per heavy atom. The molecule has 0 aromatic carbocycles. The molecule has 1 amide bonds. The van der Waals surface area contributed by atoms with Gasteiger partial charge < -0.3 is 10.5 Å². The minimum atomic E-state index is -4.71. The van der Waals surface area contributed by atoms with Crippen molar-refractivity contribution in [3.8, 4) is 0 Å². The molecular formula is C5H8F3NO3. The van der Waals surface area contributed by atoms with Crippen molar-refractivity contribution in [2.75, 3.05) is 6.61 Å². The summed E-state index contributed by atoms with van der Waals surface area (Å²) in [7, 11) is 0. The molecule has 0 heterocycles. The van der Waals surface area contributed by atoms with Gasteiger partial charge >= 0.3 is 12.5 Å². The molecular weight excluding hydrogens is 179 g/mol. The van der Waals surface area contributed by atoms with Crippen LogP contribution in [0.25, 0.3) is 0 Å². The van der Waals surface area contributed by atoms with E-state index in [9.17, 15) is 18.0 Å². The van der Waals surface area contributed by atoms with E-state index in [1.807, 2.05) is 0 Å². The predicted molar refractivity (Wildman–Crippen MR) is 32.1 cm³/mol. The molecule has 0 fully saturated rings. The van der Waals surface area contributed by atoms with Crippen molar-refractivity contribution in [3.63, 3.8) is 0 Å². The smallest absolute Gasteiger partial charge is 0.444 e. The van der Waals surface area contributed by atoms with Crippen LogP contribution in [0.1, 0.15) is 6.92 Å². The molecule has 0 saturated heterocycles. The largest absolute Gasteiger partial charge is 0.522 e. The van der Waals surface area contributed by atoms with Crippen molar-refractivity contribution in [3.05, 3.63) is 0 Å². The highest BCUT2D eigenvalue weighted by atomic mass is 19.4. The van der Waals surface area contributed by atoms with Crippen LogP contribution in [0.3, 0.4) is 0 Å². The zero-order valence-electron chi connectivity index (χ0n) is 6.22. The fourth-order valence-corrected chi connectivity index (χ4v) is 0.444. The molecule has 7 heteroatoms. The van der Waals surface area contributed by atoms with Crippen LogP contribution in [-0.4, -0.2) is 25.2 Å². The number of hydrogen-bond acceptors (Lipinski definition) is 3. The zero-order chi connectivity index (χ0) is 9.78. The minimum Gasteiger partial charge on any atom is -0.444 e. The number of hydrogen-bond donors (Lipinski definition) is 1. The van der Waals surface area contributed by atoms with E-state index in [-0.39, 0.29) is 0 Å². The number of primary amides is 1. The SMILES string of the molecule is CC(COC(F)(F)F)OC(N)=O. The Bertz CT molecular complexity index is 159. The summed E-state index contributed by atoms with van der Waals surface area (Å²) in [4.78, 5) is 10.00. The predicted octanol–water partition coefficient (Wildman–Crippen LogP) is 1.01. The van der Waals surface area contributed by atoms with Gasteiger partial charge in [-0.2, -0.15) is 0 Å². The lowest BCUT2D eigenvalue weighted by atomic mass is 10.4. The normalized spacial score (nSPS) is 14.0. The summed E-state index contributed by atoms with van der Waals surface area (Å²) in [6.07, 6.45) is -6.85. The lowest BCUT2D eigenvalue weighted by Gasteiger charge is -2.12. The molecule has 0 bridgehead atoms. The number of rotatable bonds is 3. The van der Waals surface area contributed by atoms with Gasteiger partial charge in [-0.1, -0.05) is 0 Å². The van der Waals surface area contributed by atoms with Crippen LogP contribution in [0.15, 0.2) is 0 Å². The minimum absolute atomic E-state index is 0.758. The van der Waals surface area contributed by atoms with Gasteiger partial charge in [0.25, 0.3) is 0 Å². The number of ether oxygens (including phenoxy) is 2. The average molecular weight is 187 g/mol. The van der Waals surface area contributed by atoms with Crippen molar-refractivity contribution in [2.45, 2.75) is 19.4 Å². The molecule has 0 rings (SSSR count). The summed E-state index contributed by atoms with van der Waals surface area (Å²) in [5, 5.41) is 0. The van der Waals surface area contributed by atoms with Gasteiger partial charge in [-0.25, -0.2) is 4.79 Å². The second-order valence-electron chi connectivity index (χ2n) is 2.00. The maximum Gasteiger partial charge on any atom is 0.522 e. The highest BCUT2D eigenvalue weighted by molar-refractivity contribution is 5.64. The van der Waals surface area contributed by atoms with Crippen LogP contribution in [-0.2, 0) is 9.47 Å². The first-order valence-electron chi connectivity index (χ1n) is 2.98. The Hall–Kier alpha value is -0.980. The molecule has 0 spiro atoms. The molecule has 4 nitrogen and oxygen atoms in total. The van der Waals surface area contributed by atoms with Crippen LogP contribution in [0.4, 0.5) is 18.0 Å². The van der Waals surface area contributed by atoms with Gasteiger partial charge in [-0.05, 0) is 6.92 Å². The molecule has 0 aliphatic rings. The van der Waals surface area contributed by atoms with Crippen LogP contribution in [0.2, 0.25) is 0 Å². The highest BCUT2D eigenvalue weighted by Gasteiger charge is 2.30. The van der Waals surface area contributed by atoms with Crippen LogP contribution in [0, 0.1) is 0 Å². The number of amides is 1. The standard InChI is InChI=1S/C5H8F3NO3/c1-3(12-4(9)10)2-11-5(6,7)8/h3H,2H2,1H3,(H2,9,10). The Morgan fingerprint density at radius 2 is 2.08 bits per heavy atom. The lowest BCUT2D eigenvalue weighted by molar-refractivity contribution is -0.329. The Morgan fingerprint density at radius 1 is 1.58 bits per heavy atom. The molecule has 72 valence electrons. The van der Waals surface area contributed by atoms with E-state index in [2.05, 4.69) is 15.2 Å². The number of carbonyl (C=O) groups is 1. The van der Waals surface area contributed by atoms with Crippen LogP contribution >= 0.6 is 0 Å². The van der Waals surface area contributed by atoms with Gasteiger partial charge in [0.1, 0.15) is 6.10 Å². The molecule has 0 aromatic heterocycles. The molecule has 2 N–H and O–H groups in total. The molecule has 1 unspecified atom stereocenters. The van der Waals surface area contributed by atoms with Crippen LogP contribution < -0.4 is 5.73 Å². The first-order chi connectivity index (χ1) is 5.31. The summed E-state index contributed by atoms with van der Waals surface area (Å²) >= 11 is 0. The molecule has 0 saturated carbocycles. The molecule has 0 aliphatic carbocycles. The van der Waals surface area contributed by atoms with Gasteiger partial charge in [-0.15, -0.1) is 13.2 Å². The van der Waals surface area contributed by atoms with Gasteiger partial charge in [0.2, 0.25) is 0 Å².